The average Bonchev–Trinajstić information content (AvgIpc) is 3.10. The van der Waals surface area contributed by atoms with Crippen LogP contribution in [0.4, 0.5) is 0 Å². The summed E-state index contributed by atoms with van der Waals surface area (Å²) in [6.45, 7) is 7.02. The van der Waals surface area contributed by atoms with Crippen molar-refractivity contribution >= 4 is 5.91 Å². The van der Waals surface area contributed by atoms with E-state index in [0.717, 1.165) is 56.9 Å². The minimum Gasteiger partial charge on any atom is -0.454 e. The minimum atomic E-state index is 0.313. The molecule has 0 radical (unpaired) electrons. The molecule has 25 heavy (non-hydrogen) atoms. The second kappa shape index (κ2) is 7.24. The number of piperidine rings is 2. The lowest BCUT2D eigenvalue weighted by atomic mass is 9.89. The van der Waals surface area contributed by atoms with Gasteiger partial charge in [0.05, 0.1) is 6.54 Å². The number of carbonyl (C=O) groups excluding carboxylic acids is 1. The van der Waals surface area contributed by atoms with Crippen molar-refractivity contribution in [1.82, 2.24) is 9.80 Å². The minimum absolute atomic E-state index is 0.313. The van der Waals surface area contributed by atoms with Crippen LogP contribution in [0.3, 0.4) is 0 Å². The molecule has 3 aliphatic rings. The number of likely N-dealkylation sites (tertiary alicyclic amines) is 2. The van der Waals surface area contributed by atoms with Crippen molar-refractivity contribution in [3.63, 3.8) is 0 Å². The van der Waals surface area contributed by atoms with Gasteiger partial charge in [0.1, 0.15) is 0 Å². The van der Waals surface area contributed by atoms with E-state index in [0.29, 0.717) is 31.1 Å². The van der Waals surface area contributed by atoms with E-state index in [2.05, 4.69) is 28.9 Å². The van der Waals surface area contributed by atoms with Crippen LogP contribution in [0.15, 0.2) is 18.2 Å². The molecule has 5 heteroatoms. The summed E-state index contributed by atoms with van der Waals surface area (Å²) in [5.41, 5.74) is 1.33. The summed E-state index contributed by atoms with van der Waals surface area (Å²) < 4.78 is 10.9. The SMILES string of the molecule is C[C@H]1CCCN(C(=O)CN2CCC(c3ccc4c(c3)OCO4)CC2)C1. The number of ether oxygens (including phenoxy) is 2. The van der Waals surface area contributed by atoms with Crippen molar-refractivity contribution in [1.29, 1.82) is 0 Å². The van der Waals surface area contributed by atoms with Gasteiger partial charge in [0.2, 0.25) is 12.7 Å². The van der Waals surface area contributed by atoms with Crippen LogP contribution < -0.4 is 9.47 Å². The molecule has 136 valence electrons. The Morgan fingerprint density at radius 2 is 1.92 bits per heavy atom. The number of nitrogens with zero attached hydrogens (tertiary/aromatic N) is 2. The van der Waals surface area contributed by atoms with Gasteiger partial charge in [-0.25, -0.2) is 0 Å². The first-order chi connectivity index (χ1) is 12.2. The van der Waals surface area contributed by atoms with Crippen LogP contribution in [0.1, 0.15) is 44.1 Å². The molecule has 0 saturated carbocycles. The Bertz CT molecular complexity index is 625. The molecular weight excluding hydrogens is 316 g/mol. The number of amides is 1. The Labute approximate surface area is 149 Å². The maximum Gasteiger partial charge on any atom is 0.236 e. The van der Waals surface area contributed by atoms with E-state index in [-0.39, 0.29) is 0 Å². The molecule has 2 saturated heterocycles. The molecule has 0 spiro atoms. The largest absolute Gasteiger partial charge is 0.454 e. The summed E-state index contributed by atoms with van der Waals surface area (Å²) in [6.07, 6.45) is 4.61. The molecule has 0 aliphatic carbocycles. The third-order valence-electron chi connectivity index (χ3n) is 5.82. The Hall–Kier alpha value is -1.75. The van der Waals surface area contributed by atoms with Crippen LogP contribution >= 0.6 is 0 Å². The van der Waals surface area contributed by atoms with Gasteiger partial charge < -0.3 is 14.4 Å². The van der Waals surface area contributed by atoms with Gasteiger partial charge in [-0.1, -0.05) is 13.0 Å². The molecule has 1 aromatic carbocycles. The smallest absolute Gasteiger partial charge is 0.236 e. The summed E-state index contributed by atoms with van der Waals surface area (Å²) in [5.74, 6) is 3.23. The highest BCUT2D eigenvalue weighted by Gasteiger charge is 2.26. The monoisotopic (exact) mass is 344 g/mol. The van der Waals surface area contributed by atoms with Gasteiger partial charge in [-0.05, 0) is 68.3 Å². The molecule has 1 aromatic rings. The molecule has 1 amide bonds. The summed E-state index contributed by atoms with van der Waals surface area (Å²) in [7, 11) is 0. The second-order valence-electron chi connectivity index (χ2n) is 7.75. The standard InChI is InChI=1S/C20H28N2O3/c1-15-3-2-8-22(12-15)20(23)13-21-9-6-16(7-10-21)17-4-5-18-19(11-17)25-14-24-18/h4-5,11,15-16H,2-3,6-10,12-14H2,1H3/t15-/m0/s1. The zero-order chi connectivity index (χ0) is 17.2. The molecule has 0 bridgehead atoms. The van der Waals surface area contributed by atoms with Crippen LogP contribution in [0.5, 0.6) is 11.5 Å². The fraction of sp³-hybridized carbons (Fsp3) is 0.650. The van der Waals surface area contributed by atoms with E-state index in [1.165, 1.54) is 12.0 Å². The quantitative estimate of drug-likeness (QED) is 0.846. The first kappa shape index (κ1) is 16.7. The van der Waals surface area contributed by atoms with Crippen LogP contribution in [-0.2, 0) is 4.79 Å². The molecular formula is C20H28N2O3. The van der Waals surface area contributed by atoms with E-state index in [4.69, 9.17) is 9.47 Å². The zero-order valence-electron chi connectivity index (χ0n) is 15.1. The van der Waals surface area contributed by atoms with Crippen LogP contribution in [0.25, 0.3) is 0 Å². The fourth-order valence-corrected chi connectivity index (χ4v) is 4.30. The van der Waals surface area contributed by atoms with E-state index in [9.17, 15) is 4.79 Å². The molecule has 3 heterocycles. The number of rotatable bonds is 3. The van der Waals surface area contributed by atoms with E-state index in [1.807, 2.05) is 6.07 Å². The van der Waals surface area contributed by atoms with Crippen molar-refractivity contribution in [3.05, 3.63) is 23.8 Å². The van der Waals surface area contributed by atoms with Crippen LogP contribution in [-0.4, -0.2) is 55.2 Å². The highest BCUT2D eigenvalue weighted by molar-refractivity contribution is 5.78. The summed E-state index contributed by atoms with van der Waals surface area (Å²) >= 11 is 0. The van der Waals surface area contributed by atoms with E-state index < -0.39 is 0 Å². The molecule has 5 nitrogen and oxygen atoms in total. The van der Waals surface area contributed by atoms with Crippen molar-refractivity contribution < 1.29 is 14.3 Å². The topological polar surface area (TPSA) is 42.0 Å². The highest BCUT2D eigenvalue weighted by Crippen LogP contribution is 2.37. The summed E-state index contributed by atoms with van der Waals surface area (Å²) in [6, 6.07) is 6.31. The Morgan fingerprint density at radius 3 is 2.72 bits per heavy atom. The predicted molar refractivity (Wildman–Crippen MR) is 96.0 cm³/mol. The Balaban J connectivity index is 1.29. The predicted octanol–water partition coefficient (Wildman–Crippen LogP) is 2.85. The van der Waals surface area contributed by atoms with Gasteiger partial charge in [0.15, 0.2) is 11.5 Å². The zero-order valence-corrected chi connectivity index (χ0v) is 15.1. The summed E-state index contributed by atoms with van der Waals surface area (Å²) in [5, 5.41) is 0. The summed E-state index contributed by atoms with van der Waals surface area (Å²) in [4.78, 5) is 16.9. The van der Waals surface area contributed by atoms with Crippen molar-refractivity contribution in [3.8, 4) is 11.5 Å². The molecule has 3 aliphatic heterocycles. The van der Waals surface area contributed by atoms with E-state index >= 15 is 0 Å². The Kier molecular flexibility index (Phi) is 4.84. The molecule has 2 fully saturated rings. The Morgan fingerprint density at radius 1 is 1.12 bits per heavy atom. The first-order valence-electron chi connectivity index (χ1n) is 9.59. The van der Waals surface area contributed by atoms with Gasteiger partial charge in [0.25, 0.3) is 0 Å². The molecule has 1 atom stereocenters. The number of fused-ring (bicyclic) bond motifs is 1. The molecule has 0 N–H and O–H groups in total. The third kappa shape index (κ3) is 3.76. The van der Waals surface area contributed by atoms with Gasteiger partial charge in [-0.3, -0.25) is 9.69 Å². The lowest BCUT2D eigenvalue weighted by Crippen LogP contribution is -2.46. The van der Waals surface area contributed by atoms with Crippen molar-refractivity contribution in [2.75, 3.05) is 39.5 Å². The normalized spacial score (nSPS) is 24.5. The number of carbonyl (C=O) groups is 1. The highest BCUT2D eigenvalue weighted by atomic mass is 16.7. The second-order valence-corrected chi connectivity index (χ2v) is 7.75. The molecule has 0 unspecified atom stereocenters. The van der Waals surface area contributed by atoms with Gasteiger partial charge in [0, 0.05) is 13.1 Å². The van der Waals surface area contributed by atoms with Crippen molar-refractivity contribution in [2.24, 2.45) is 5.92 Å². The third-order valence-corrected chi connectivity index (χ3v) is 5.82. The lowest BCUT2D eigenvalue weighted by Gasteiger charge is -2.35. The van der Waals surface area contributed by atoms with Crippen molar-refractivity contribution in [2.45, 2.75) is 38.5 Å². The number of benzene rings is 1. The molecule has 4 rings (SSSR count). The van der Waals surface area contributed by atoms with E-state index in [1.54, 1.807) is 0 Å². The lowest BCUT2D eigenvalue weighted by molar-refractivity contribution is -0.134. The van der Waals surface area contributed by atoms with Crippen LogP contribution in [0.2, 0.25) is 0 Å². The molecule has 0 aromatic heterocycles. The van der Waals surface area contributed by atoms with Gasteiger partial charge in [-0.2, -0.15) is 0 Å². The first-order valence-corrected chi connectivity index (χ1v) is 9.59. The maximum atomic E-state index is 12.5. The van der Waals surface area contributed by atoms with Crippen LogP contribution in [0, 0.1) is 5.92 Å². The maximum absolute atomic E-state index is 12.5. The van der Waals surface area contributed by atoms with Gasteiger partial charge in [-0.15, -0.1) is 0 Å². The average molecular weight is 344 g/mol. The van der Waals surface area contributed by atoms with Gasteiger partial charge >= 0.3 is 0 Å². The fourth-order valence-electron chi connectivity index (χ4n) is 4.30. The number of hydrogen-bond donors (Lipinski definition) is 0. The number of hydrogen-bond acceptors (Lipinski definition) is 4.